The first-order valence-electron chi connectivity index (χ1n) is 6.97. The molecule has 19 heavy (non-hydrogen) atoms. The molecular weight excluding hydrogens is 240 g/mol. The van der Waals surface area contributed by atoms with Gasteiger partial charge >= 0.3 is 0 Å². The summed E-state index contributed by atoms with van der Waals surface area (Å²) in [6, 6.07) is 8.47. The molecule has 1 amide bonds. The number of benzene rings is 1. The second kappa shape index (κ2) is 6.68. The summed E-state index contributed by atoms with van der Waals surface area (Å²) in [6.07, 6.45) is 4.32. The number of hydrogen-bond acceptors (Lipinski definition) is 3. The van der Waals surface area contributed by atoms with Gasteiger partial charge < -0.3 is 16.2 Å². The fraction of sp³-hybridized carbons (Fsp3) is 0.533. The second-order valence-electron chi connectivity index (χ2n) is 5.21. The Morgan fingerprint density at radius 1 is 1.21 bits per heavy atom. The van der Waals surface area contributed by atoms with Gasteiger partial charge in [-0.2, -0.15) is 0 Å². The van der Waals surface area contributed by atoms with Gasteiger partial charge in [0.15, 0.2) is 0 Å². The van der Waals surface area contributed by atoms with Crippen LogP contribution < -0.4 is 11.1 Å². The summed E-state index contributed by atoms with van der Waals surface area (Å²) in [5.74, 6) is -0.211. The van der Waals surface area contributed by atoms with E-state index in [1.807, 2.05) is 30.3 Å². The van der Waals surface area contributed by atoms with Gasteiger partial charge in [-0.1, -0.05) is 49.6 Å². The third-order valence-corrected chi connectivity index (χ3v) is 3.75. The minimum atomic E-state index is -0.670. The molecule has 0 spiro atoms. The predicted octanol–water partition coefficient (Wildman–Crippen LogP) is 1.50. The van der Waals surface area contributed by atoms with E-state index in [4.69, 9.17) is 5.73 Å². The lowest BCUT2D eigenvalue weighted by molar-refractivity contribution is -0.124. The molecule has 0 radical (unpaired) electrons. The lowest BCUT2D eigenvalue weighted by Gasteiger charge is -2.23. The second-order valence-corrected chi connectivity index (χ2v) is 5.21. The molecule has 0 bridgehead atoms. The molecule has 1 aliphatic carbocycles. The van der Waals surface area contributed by atoms with Crippen molar-refractivity contribution in [3.8, 4) is 0 Å². The molecule has 1 aliphatic rings. The number of hydrogen-bond donors (Lipinski definition) is 3. The molecule has 2 rings (SSSR count). The molecule has 3 unspecified atom stereocenters. The summed E-state index contributed by atoms with van der Waals surface area (Å²) in [4.78, 5) is 12.1. The van der Waals surface area contributed by atoms with Gasteiger partial charge in [0, 0.05) is 0 Å². The van der Waals surface area contributed by atoms with E-state index in [0.29, 0.717) is 0 Å². The summed E-state index contributed by atoms with van der Waals surface area (Å²) in [7, 11) is 0. The molecule has 1 fully saturated rings. The molecule has 104 valence electrons. The Bertz CT molecular complexity index is 408. The van der Waals surface area contributed by atoms with Crippen molar-refractivity contribution in [2.45, 2.75) is 50.3 Å². The first-order valence-corrected chi connectivity index (χ1v) is 6.97. The highest BCUT2D eigenvalue weighted by Crippen LogP contribution is 2.19. The number of nitrogens with two attached hydrogens (primary N) is 1. The molecule has 1 aromatic rings. The zero-order valence-electron chi connectivity index (χ0n) is 11.1. The van der Waals surface area contributed by atoms with Crippen LogP contribution in [0.1, 0.15) is 43.7 Å². The van der Waals surface area contributed by atoms with E-state index in [2.05, 4.69) is 5.32 Å². The van der Waals surface area contributed by atoms with Crippen molar-refractivity contribution in [1.29, 1.82) is 0 Å². The zero-order valence-corrected chi connectivity index (χ0v) is 11.1. The maximum absolute atomic E-state index is 12.1. The maximum Gasteiger partial charge on any atom is 0.241 e. The summed E-state index contributed by atoms with van der Waals surface area (Å²) >= 11 is 0. The van der Waals surface area contributed by atoms with Gasteiger partial charge in [-0.15, -0.1) is 0 Å². The van der Waals surface area contributed by atoms with Gasteiger partial charge in [-0.05, 0) is 18.4 Å². The monoisotopic (exact) mass is 262 g/mol. The number of amides is 1. The first kappa shape index (κ1) is 14.0. The third kappa shape index (κ3) is 3.78. The van der Waals surface area contributed by atoms with Crippen LogP contribution in [0.15, 0.2) is 30.3 Å². The number of aliphatic hydroxyl groups is 1. The Kier molecular flexibility index (Phi) is 4.93. The van der Waals surface area contributed by atoms with Crippen LogP contribution in [0.5, 0.6) is 0 Å². The van der Waals surface area contributed by atoms with Crippen molar-refractivity contribution in [2.24, 2.45) is 5.73 Å². The van der Waals surface area contributed by atoms with Crippen LogP contribution >= 0.6 is 0 Å². The van der Waals surface area contributed by atoms with Crippen LogP contribution in [0.25, 0.3) is 0 Å². The lowest BCUT2D eigenvalue weighted by atomic mass is 10.0. The first-order chi connectivity index (χ1) is 9.18. The van der Waals surface area contributed by atoms with Gasteiger partial charge in [-0.25, -0.2) is 0 Å². The van der Waals surface area contributed by atoms with E-state index in [0.717, 1.165) is 37.7 Å². The zero-order chi connectivity index (χ0) is 13.7. The van der Waals surface area contributed by atoms with Crippen molar-refractivity contribution in [2.75, 3.05) is 0 Å². The van der Waals surface area contributed by atoms with E-state index in [-0.39, 0.29) is 11.9 Å². The highest BCUT2D eigenvalue weighted by atomic mass is 16.3. The van der Waals surface area contributed by atoms with Gasteiger partial charge in [0.1, 0.15) is 6.04 Å². The van der Waals surface area contributed by atoms with E-state index in [9.17, 15) is 9.90 Å². The number of nitrogens with one attached hydrogen (secondary N) is 1. The Balaban J connectivity index is 1.96. The van der Waals surface area contributed by atoms with E-state index >= 15 is 0 Å². The fourth-order valence-corrected chi connectivity index (χ4v) is 2.54. The molecule has 0 heterocycles. The fourth-order valence-electron chi connectivity index (χ4n) is 2.54. The number of carbonyl (C=O) groups is 1. The van der Waals surface area contributed by atoms with Crippen LogP contribution in [0.2, 0.25) is 0 Å². The van der Waals surface area contributed by atoms with Gasteiger partial charge in [-0.3, -0.25) is 4.79 Å². The topological polar surface area (TPSA) is 75.4 Å². The molecule has 0 aliphatic heterocycles. The minimum Gasteiger partial charge on any atom is -0.391 e. The Labute approximate surface area is 114 Å². The SMILES string of the molecule is NC(C(=O)NC1CCCCCC1O)c1ccccc1. The van der Waals surface area contributed by atoms with Crippen molar-refractivity contribution >= 4 is 5.91 Å². The highest BCUT2D eigenvalue weighted by molar-refractivity contribution is 5.83. The molecule has 4 nitrogen and oxygen atoms in total. The van der Waals surface area contributed by atoms with Gasteiger partial charge in [0.05, 0.1) is 12.1 Å². The van der Waals surface area contributed by atoms with Crippen LogP contribution in [0, 0.1) is 0 Å². The number of rotatable bonds is 3. The highest BCUT2D eigenvalue weighted by Gasteiger charge is 2.25. The van der Waals surface area contributed by atoms with Crippen LogP contribution in [0.4, 0.5) is 0 Å². The standard InChI is InChI=1S/C15H22N2O2/c16-14(11-7-3-1-4-8-11)15(19)17-12-9-5-2-6-10-13(12)18/h1,3-4,7-8,12-14,18H,2,5-6,9-10,16H2,(H,17,19). The predicted molar refractivity (Wildman–Crippen MR) is 74.4 cm³/mol. The van der Waals surface area contributed by atoms with Gasteiger partial charge in [0.25, 0.3) is 0 Å². The Hall–Kier alpha value is -1.39. The van der Waals surface area contributed by atoms with Crippen LogP contribution in [0.3, 0.4) is 0 Å². The molecule has 4 N–H and O–H groups in total. The molecule has 0 aromatic heterocycles. The molecule has 1 aromatic carbocycles. The Morgan fingerprint density at radius 3 is 2.63 bits per heavy atom. The average molecular weight is 262 g/mol. The van der Waals surface area contributed by atoms with Crippen molar-refractivity contribution in [3.05, 3.63) is 35.9 Å². The minimum absolute atomic E-state index is 0.162. The van der Waals surface area contributed by atoms with E-state index in [1.54, 1.807) is 0 Å². The van der Waals surface area contributed by atoms with Crippen LogP contribution in [-0.4, -0.2) is 23.2 Å². The van der Waals surface area contributed by atoms with Crippen LogP contribution in [-0.2, 0) is 4.79 Å². The summed E-state index contributed by atoms with van der Waals surface area (Å²) < 4.78 is 0. The molecule has 0 saturated heterocycles. The molecule has 1 saturated carbocycles. The van der Waals surface area contributed by atoms with E-state index in [1.165, 1.54) is 0 Å². The smallest absolute Gasteiger partial charge is 0.241 e. The largest absolute Gasteiger partial charge is 0.391 e. The van der Waals surface area contributed by atoms with E-state index < -0.39 is 12.1 Å². The Morgan fingerprint density at radius 2 is 1.89 bits per heavy atom. The molecule has 4 heteroatoms. The summed E-state index contributed by atoms with van der Waals surface area (Å²) in [5, 5.41) is 12.9. The summed E-state index contributed by atoms with van der Waals surface area (Å²) in [5.41, 5.74) is 6.74. The normalized spacial score (nSPS) is 25.4. The van der Waals surface area contributed by atoms with Crippen molar-refractivity contribution in [1.82, 2.24) is 5.32 Å². The molecule has 3 atom stereocenters. The van der Waals surface area contributed by atoms with Crippen molar-refractivity contribution < 1.29 is 9.90 Å². The van der Waals surface area contributed by atoms with Crippen molar-refractivity contribution in [3.63, 3.8) is 0 Å². The maximum atomic E-state index is 12.1. The summed E-state index contributed by atoms with van der Waals surface area (Å²) in [6.45, 7) is 0. The lowest BCUT2D eigenvalue weighted by Crippen LogP contribution is -2.46. The van der Waals surface area contributed by atoms with Gasteiger partial charge in [0.2, 0.25) is 5.91 Å². The molecular formula is C15H22N2O2. The quantitative estimate of drug-likeness (QED) is 0.723. The number of carbonyl (C=O) groups excluding carboxylic acids is 1. The third-order valence-electron chi connectivity index (χ3n) is 3.75. The number of aliphatic hydroxyl groups excluding tert-OH is 1. The average Bonchev–Trinajstić information content (AvgIpc) is 2.64.